The first-order chi connectivity index (χ1) is 41.0. The van der Waals surface area contributed by atoms with Crippen LogP contribution in [0.15, 0.2) is 66.7 Å². The molecule has 22 heteroatoms. The summed E-state index contributed by atoms with van der Waals surface area (Å²) in [4.78, 5) is 80.0. The molecule has 462 valence electrons. The van der Waals surface area contributed by atoms with Crippen LogP contribution in [-0.4, -0.2) is 195 Å². The second-order valence-electron chi connectivity index (χ2n) is 22.1. The van der Waals surface area contributed by atoms with E-state index in [0.29, 0.717) is 150 Å². The Labute approximate surface area is 501 Å². The van der Waals surface area contributed by atoms with Crippen molar-refractivity contribution in [1.82, 2.24) is 45.7 Å². The summed E-state index contributed by atoms with van der Waals surface area (Å²) in [5, 5.41) is 20.8. The Kier molecular flexibility index (Phi) is 28.1. The summed E-state index contributed by atoms with van der Waals surface area (Å²) in [6.07, 6.45) is 13.5. The molecule has 3 aromatic rings. The van der Waals surface area contributed by atoms with E-state index in [9.17, 15) is 28.8 Å². The van der Waals surface area contributed by atoms with Gasteiger partial charge in [0, 0.05) is 165 Å². The lowest BCUT2D eigenvalue weighted by Gasteiger charge is -2.38. The highest BCUT2D eigenvalue weighted by Crippen LogP contribution is 2.42. The predicted molar refractivity (Wildman–Crippen MR) is 327 cm³/mol. The van der Waals surface area contributed by atoms with Gasteiger partial charge in [0.05, 0.1) is 19.3 Å². The van der Waals surface area contributed by atoms with Crippen LogP contribution in [0, 0.1) is 11.8 Å². The Morgan fingerprint density at radius 1 is 0.726 bits per heavy atom. The van der Waals surface area contributed by atoms with E-state index < -0.39 is 5.91 Å². The number of unbranched alkanes of at least 4 members (excludes halogenated alkanes) is 1. The van der Waals surface area contributed by atoms with Gasteiger partial charge in [-0.15, -0.1) is 0 Å². The Hall–Kier alpha value is -6.04. The Morgan fingerprint density at radius 3 is 2.05 bits per heavy atom. The SMILES string of the molecule is CCOCCCNC(=O)CCCC(=O)NCCN1CCN(C/C=C/C(=O)N2CCC([C@@H]3CCNc4c(C(N)=O)c(-c5ccc(Oc6ccccc6)cc5)nn43)CC2)CC1.CCOCCOCCCNC(=O)CCCC[C@H]1SC[C@H]2NC(=O)C[C@H]21. The van der Waals surface area contributed by atoms with Gasteiger partial charge in [-0.1, -0.05) is 30.7 Å². The maximum atomic E-state index is 13.2. The second kappa shape index (κ2) is 36.1. The van der Waals surface area contributed by atoms with E-state index in [1.807, 2.05) is 95.9 Å². The fraction of sp³-hybridized carbons (Fsp3) is 0.629. The van der Waals surface area contributed by atoms with Crippen molar-refractivity contribution in [3.63, 3.8) is 0 Å². The molecule has 2 aromatic carbocycles. The van der Waals surface area contributed by atoms with Crippen LogP contribution in [0.1, 0.15) is 114 Å². The molecule has 5 aliphatic rings. The van der Waals surface area contributed by atoms with Crippen LogP contribution in [0.25, 0.3) is 11.3 Å². The number of piperidine rings is 1. The number of piperazine rings is 1. The summed E-state index contributed by atoms with van der Waals surface area (Å²) in [5.41, 5.74) is 7.68. The van der Waals surface area contributed by atoms with Crippen LogP contribution < -0.4 is 37.1 Å². The maximum Gasteiger partial charge on any atom is 0.254 e. The molecule has 4 fully saturated rings. The molecular formula is C62H93N11O10S. The highest BCUT2D eigenvalue weighted by molar-refractivity contribution is 8.00. The van der Waals surface area contributed by atoms with Crippen molar-refractivity contribution < 1.29 is 47.7 Å². The third kappa shape index (κ3) is 21.5. The number of anilines is 1. The van der Waals surface area contributed by atoms with Crippen molar-refractivity contribution in [2.75, 3.05) is 129 Å². The molecule has 6 amide bonds. The largest absolute Gasteiger partial charge is 0.457 e. The molecule has 21 nitrogen and oxygen atoms in total. The average Bonchev–Trinajstić information content (AvgIpc) is 3.67. The number of para-hydroxylation sites is 1. The fourth-order valence-corrected chi connectivity index (χ4v) is 13.1. The predicted octanol–water partition coefficient (Wildman–Crippen LogP) is 5.77. The molecule has 0 aliphatic carbocycles. The van der Waals surface area contributed by atoms with Crippen molar-refractivity contribution in [2.45, 2.75) is 115 Å². The molecule has 4 atom stereocenters. The van der Waals surface area contributed by atoms with Crippen molar-refractivity contribution >= 4 is 53.0 Å². The maximum absolute atomic E-state index is 13.2. The molecule has 4 saturated heterocycles. The summed E-state index contributed by atoms with van der Waals surface area (Å²) in [6.45, 7) is 16.9. The van der Waals surface area contributed by atoms with Crippen LogP contribution in [0.4, 0.5) is 5.82 Å². The van der Waals surface area contributed by atoms with E-state index in [1.54, 1.807) is 6.08 Å². The van der Waals surface area contributed by atoms with E-state index in [2.05, 4.69) is 36.4 Å². The van der Waals surface area contributed by atoms with E-state index in [4.69, 9.17) is 29.8 Å². The van der Waals surface area contributed by atoms with E-state index >= 15 is 0 Å². The lowest BCUT2D eigenvalue weighted by molar-refractivity contribution is -0.128. The number of rotatable bonds is 33. The summed E-state index contributed by atoms with van der Waals surface area (Å²) in [7, 11) is 0. The normalized spacial score (nSPS) is 19.8. The smallest absolute Gasteiger partial charge is 0.254 e. The molecule has 7 N–H and O–H groups in total. The molecule has 0 bridgehead atoms. The number of benzene rings is 2. The summed E-state index contributed by atoms with van der Waals surface area (Å²) in [6, 6.07) is 17.6. The number of ether oxygens (including phenoxy) is 4. The van der Waals surface area contributed by atoms with Gasteiger partial charge in [0.25, 0.3) is 5.91 Å². The number of hydrogen-bond donors (Lipinski definition) is 6. The number of nitrogens with two attached hydrogens (primary N) is 1. The number of hydrogen-bond acceptors (Lipinski definition) is 15. The average molecular weight is 1180 g/mol. The van der Waals surface area contributed by atoms with Crippen LogP contribution in [0.3, 0.4) is 0 Å². The molecule has 1 aromatic heterocycles. The third-order valence-corrected chi connectivity index (χ3v) is 17.7. The van der Waals surface area contributed by atoms with Gasteiger partial charge in [0.15, 0.2) is 0 Å². The van der Waals surface area contributed by atoms with E-state index in [0.717, 1.165) is 114 Å². The molecule has 6 heterocycles. The summed E-state index contributed by atoms with van der Waals surface area (Å²) >= 11 is 1.98. The van der Waals surface area contributed by atoms with Crippen LogP contribution in [-0.2, 0) is 38.2 Å². The highest BCUT2D eigenvalue weighted by Gasteiger charge is 2.43. The van der Waals surface area contributed by atoms with E-state index in [1.165, 1.54) is 0 Å². The topological polar surface area (TPSA) is 253 Å². The van der Waals surface area contributed by atoms with Crippen LogP contribution in [0.5, 0.6) is 11.5 Å². The van der Waals surface area contributed by atoms with Gasteiger partial charge < -0.3 is 56.2 Å². The van der Waals surface area contributed by atoms with Crippen molar-refractivity contribution in [3.8, 4) is 22.8 Å². The highest BCUT2D eigenvalue weighted by atomic mass is 32.2. The standard InChI is InChI=1S/C44H61N9O6.C18H32N2O4S/c1-2-58-32-8-21-46-38(54)11-6-12-39(55)47-23-27-51-30-28-50(29-31-51)24-7-13-40(56)52-25-19-33(20-26-52)37-18-22-48-44-41(43(45)57)42(49-53(37)44)34-14-16-36(17-15-34)59-35-9-4-3-5-10-35;1-2-23-10-11-24-9-5-8-19-17(21)7-4-3-6-16-14-12-18(22)20-15(14)13-25-16/h3-5,7,9-10,13-17,33,37,48H,2,6,8,11-12,18-32H2,1H3,(H2,45,57)(H,46,54)(H,47,55);14-16H,2-13H2,1H3,(H,19,21)(H,20,22)/b13-7+;/t37-;14-,15-,16-/m01/s1. The molecule has 0 unspecified atom stereocenters. The number of amides is 6. The quantitative estimate of drug-likeness (QED) is 0.0313. The number of fused-ring (bicyclic) bond motifs is 2. The summed E-state index contributed by atoms with van der Waals surface area (Å²) < 4.78 is 23.8. The Bertz CT molecular complexity index is 2540. The van der Waals surface area contributed by atoms with Gasteiger partial charge in [0.2, 0.25) is 29.5 Å². The fourth-order valence-electron chi connectivity index (χ4n) is 11.5. The number of nitrogens with one attached hydrogen (secondary N) is 5. The van der Waals surface area contributed by atoms with E-state index in [-0.39, 0.29) is 35.6 Å². The van der Waals surface area contributed by atoms with Crippen molar-refractivity contribution in [1.29, 1.82) is 0 Å². The Morgan fingerprint density at radius 2 is 1.36 bits per heavy atom. The number of nitrogens with zero attached hydrogens (tertiary/aromatic N) is 5. The number of carbonyl (C=O) groups is 6. The first-order valence-corrected chi connectivity index (χ1v) is 31.9. The molecule has 5 aliphatic heterocycles. The van der Waals surface area contributed by atoms with Gasteiger partial charge in [-0.25, -0.2) is 4.68 Å². The number of likely N-dealkylation sites (tertiary alicyclic amines) is 1. The molecule has 8 rings (SSSR count). The molecule has 0 spiro atoms. The zero-order valence-electron chi connectivity index (χ0n) is 49.7. The molecule has 0 radical (unpaired) electrons. The lowest BCUT2D eigenvalue weighted by atomic mass is 9.87. The van der Waals surface area contributed by atoms with Crippen LogP contribution >= 0.6 is 11.8 Å². The molecular weight excluding hydrogens is 1090 g/mol. The third-order valence-electron chi connectivity index (χ3n) is 16.1. The zero-order valence-corrected chi connectivity index (χ0v) is 50.5. The first kappa shape index (κ1) is 65.5. The van der Waals surface area contributed by atoms with Crippen molar-refractivity contribution in [2.24, 2.45) is 17.6 Å². The Balaban J connectivity index is 0.000000338. The number of aromatic nitrogens is 2. The van der Waals surface area contributed by atoms with Crippen molar-refractivity contribution in [3.05, 3.63) is 72.3 Å². The van der Waals surface area contributed by atoms with Gasteiger partial charge in [-0.2, -0.15) is 16.9 Å². The lowest BCUT2D eigenvalue weighted by Crippen LogP contribution is -2.48. The zero-order chi connectivity index (χ0) is 59.3. The van der Waals surface area contributed by atoms with Gasteiger partial charge in [0.1, 0.15) is 28.6 Å². The minimum absolute atomic E-state index is 0.0218. The first-order valence-electron chi connectivity index (χ1n) is 30.8. The molecule has 0 saturated carbocycles. The summed E-state index contributed by atoms with van der Waals surface area (Å²) in [5.74, 6) is 3.76. The number of thioether (sulfide) groups is 1. The minimum Gasteiger partial charge on any atom is -0.457 e. The van der Waals surface area contributed by atoms with Gasteiger partial charge in [-0.05, 0) is 108 Å². The second-order valence-corrected chi connectivity index (χ2v) is 23.4. The minimum atomic E-state index is -0.523. The van der Waals surface area contributed by atoms with Crippen LogP contribution in [0.2, 0.25) is 0 Å². The van der Waals surface area contributed by atoms with Gasteiger partial charge in [-0.3, -0.25) is 38.6 Å². The monoisotopic (exact) mass is 1180 g/mol. The van der Waals surface area contributed by atoms with Gasteiger partial charge >= 0.3 is 0 Å². The number of carbonyl (C=O) groups excluding carboxylic acids is 6. The number of primary amides is 1. The molecule has 84 heavy (non-hydrogen) atoms.